The summed E-state index contributed by atoms with van der Waals surface area (Å²) in [6.45, 7) is 6.46. The highest BCUT2D eigenvalue weighted by atomic mass is 16.5. The highest BCUT2D eigenvalue weighted by molar-refractivity contribution is 6.10. The van der Waals surface area contributed by atoms with Gasteiger partial charge in [0.1, 0.15) is 18.4 Å². The van der Waals surface area contributed by atoms with Gasteiger partial charge in [-0.1, -0.05) is 6.92 Å². The molecule has 5 rings (SSSR count). The van der Waals surface area contributed by atoms with Crippen LogP contribution in [0.4, 0.5) is 5.69 Å². The first-order valence-electron chi connectivity index (χ1n) is 8.78. The smallest absolute Gasteiger partial charge is 0.262 e. The molecule has 7 nitrogen and oxygen atoms in total. The van der Waals surface area contributed by atoms with Crippen LogP contribution in [0.1, 0.15) is 20.3 Å². The molecule has 0 aliphatic carbocycles. The molecule has 1 atom stereocenters. The van der Waals surface area contributed by atoms with Gasteiger partial charge in [0.25, 0.3) is 5.91 Å². The summed E-state index contributed by atoms with van der Waals surface area (Å²) in [6, 6.07) is 6.06. The van der Waals surface area contributed by atoms with Crippen molar-refractivity contribution >= 4 is 28.3 Å². The van der Waals surface area contributed by atoms with E-state index in [1.165, 1.54) is 5.52 Å². The van der Waals surface area contributed by atoms with Crippen LogP contribution in [0.15, 0.2) is 29.5 Å². The van der Waals surface area contributed by atoms with Crippen molar-refractivity contribution in [3.05, 3.63) is 24.4 Å². The van der Waals surface area contributed by atoms with Crippen LogP contribution in [0.3, 0.4) is 0 Å². The molecule has 1 unspecified atom stereocenters. The number of fused-ring (bicyclic) bond motifs is 4. The molecule has 1 saturated heterocycles. The Morgan fingerprint density at radius 1 is 1.40 bits per heavy atom. The fourth-order valence-electron chi connectivity index (χ4n) is 4.07. The van der Waals surface area contributed by atoms with Crippen molar-refractivity contribution in [2.45, 2.75) is 31.8 Å². The quantitative estimate of drug-likeness (QED) is 0.867. The maximum Gasteiger partial charge on any atom is 0.262 e. The maximum atomic E-state index is 12.1. The summed E-state index contributed by atoms with van der Waals surface area (Å²) in [6.07, 6.45) is 3.24. The van der Waals surface area contributed by atoms with Gasteiger partial charge in [0, 0.05) is 24.7 Å². The fourth-order valence-corrected chi connectivity index (χ4v) is 4.07. The van der Waals surface area contributed by atoms with E-state index in [1.807, 2.05) is 11.8 Å². The average Bonchev–Trinajstić information content (AvgIpc) is 2.99. The monoisotopic (exact) mass is 339 g/mol. The van der Waals surface area contributed by atoms with Gasteiger partial charge in [0.15, 0.2) is 5.84 Å². The van der Waals surface area contributed by atoms with Crippen LogP contribution in [0.5, 0.6) is 5.75 Å². The molecule has 2 N–H and O–H groups in total. The highest BCUT2D eigenvalue weighted by Gasteiger charge is 2.39. The third-order valence-corrected chi connectivity index (χ3v) is 5.80. The third-order valence-electron chi connectivity index (χ3n) is 5.80. The molecule has 7 heteroatoms. The van der Waals surface area contributed by atoms with Crippen LogP contribution in [0, 0.1) is 0 Å². The van der Waals surface area contributed by atoms with E-state index in [4.69, 9.17) is 4.74 Å². The minimum atomic E-state index is -0.304. The summed E-state index contributed by atoms with van der Waals surface area (Å²) in [7, 11) is 0. The van der Waals surface area contributed by atoms with Crippen LogP contribution < -0.4 is 20.4 Å². The minimum Gasteiger partial charge on any atom is -0.483 e. The number of nitrogens with zero attached hydrogens (tertiary/aromatic N) is 3. The van der Waals surface area contributed by atoms with Gasteiger partial charge in [-0.2, -0.15) is 5.10 Å². The molecule has 0 bridgehead atoms. The van der Waals surface area contributed by atoms with Gasteiger partial charge in [-0.15, -0.1) is 0 Å². The lowest BCUT2D eigenvalue weighted by Crippen LogP contribution is -2.59. The predicted molar refractivity (Wildman–Crippen MR) is 96.1 cm³/mol. The number of benzene rings is 1. The molecule has 1 aromatic carbocycles. The second-order valence-corrected chi connectivity index (χ2v) is 7.08. The van der Waals surface area contributed by atoms with E-state index in [1.54, 1.807) is 0 Å². The first kappa shape index (κ1) is 14.8. The van der Waals surface area contributed by atoms with Gasteiger partial charge in [0.2, 0.25) is 0 Å². The van der Waals surface area contributed by atoms with E-state index in [0.717, 1.165) is 42.2 Å². The van der Waals surface area contributed by atoms with Crippen LogP contribution in [0.25, 0.3) is 10.9 Å². The second-order valence-electron chi connectivity index (χ2n) is 7.08. The van der Waals surface area contributed by atoms with Crippen molar-refractivity contribution < 1.29 is 9.53 Å². The number of anilines is 1. The number of rotatable bonds is 2. The number of aromatic nitrogens is 1. The highest BCUT2D eigenvalue weighted by Crippen LogP contribution is 2.40. The Hall–Kier alpha value is -2.54. The molecule has 0 radical (unpaired) electrons. The number of hydrogen-bond donors (Lipinski definition) is 2. The number of hydrogen-bond acceptors (Lipinski definition) is 5. The molecule has 1 aromatic heterocycles. The average molecular weight is 339 g/mol. The Kier molecular flexibility index (Phi) is 2.94. The normalized spacial score (nSPS) is 23.9. The first-order valence-corrected chi connectivity index (χ1v) is 8.78. The molecule has 0 saturated carbocycles. The third kappa shape index (κ3) is 1.90. The Balaban J connectivity index is 1.69. The summed E-state index contributed by atoms with van der Waals surface area (Å²) in [5.41, 5.74) is 4.79. The molecule has 1 fully saturated rings. The zero-order chi connectivity index (χ0) is 17.2. The van der Waals surface area contributed by atoms with Crippen LogP contribution in [-0.2, 0) is 10.3 Å². The molecule has 3 aliphatic heterocycles. The van der Waals surface area contributed by atoms with E-state index in [2.05, 4.69) is 51.7 Å². The molecule has 1 amide bonds. The lowest BCUT2D eigenvalue weighted by atomic mass is 9.89. The van der Waals surface area contributed by atoms with Crippen LogP contribution in [0.2, 0.25) is 0 Å². The molecular weight excluding hydrogens is 318 g/mol. The first-order chi connectivity index (χ1) is 12.1. The number of amidine groups is 1. The van der Waals surface area contributed by atoms with E-state index in [0.29, 0.717) is 6.61 Å². The van der Waals surface area contributed by atoms with E-state index in [9.17, 15) is 4.79 Å². The Bertz CT molecular complexity index is 906. The standard InChI is InChI=1S/C18H21N5O2/c1-3-18(9-19-10-18)22-5-4-12-6-15-14(7-13(12)22)23-11(2)17(24)21-20-16(23)8-25-15/h4-7,11,19H,3,8-10H2,1-2H3,(H,21,24). The molecule has 4 heterocycles. The molecule has 130 valence electrons. The SMILES string of the molecule is CCC1(n2ccc3cc4c(cc32)N2C(=NNC(=O)C2C)CO4)CNC1. The number of carbonyl (C=O) groups excluding carboxylic acids is 1. The van der Waals surface area contributed by atoms with Gasteiger partial charge in [-0.05, 0) is 31.5 Å². The number of nitrogens with one attached hydrogen (secondary N) is 2. The number of hydrazone groups is 1. The lowest BCUT2D eigenvalue weighted by molar-refractivity contribution is -0.122. The predicted octanol–water partition coefficient (Wildman–Crippen LogP) is 1.38. The van der Waals surface area contributed by atoms with E-state index >= 15 is 0 Å². The van der Waals surface area contributed by atoms with Crippen LogP contribution >= 0.6 is 0 Å². The van der Waals surface area contributed by atoms with E-state index < -0.39 is 0 Å². The fraction of sp³-hybridized carbons (Fsp3) is 0.444. The number of amides is 1. The Morgan fingerprint density at radius 2 is 2.24 bits per heavy atom. The van der Waals surface area contributed by atoms with Gasteiger partial charge in [0.05, 0.1) is 16.7 Å². The Labute approximate surface area is 145 Å². The van der Waals surface area contributed by atoms with Crippen molar-refractivity contribution in [1.82, 2.24) is 15.3 Å². The lowest BCUT2D eigenvalue weighted by Gasteiger charge is -2.44. The molecule has 2 aromatic rings. The van der Waals surface area contributed by atoms with Crippen molar-refractivity contribution in [2.24, 2.45) is 5.10 Å². The Morgan fingerprint density at radius 3 is 2.96 bits per heavy atom. The van der Waals surface area contributed by atoms with Crippen molar-refractivity contribution in [3.63, 3.8) is 0 Å². The largest absolute Gasteiger partial charge is 0.483 e. The summed E-state index contributed by atoms with van der Waals surface area (Å²) >= 11 is 0. The summed E-state index contributed by atoms with van der Waals surface area (Å²) in [5.74, 6) is 1.45. The summed E-state index contributed by atoms with van der Waals surface area (Å²) < 4.78 is 8.27. The summed E-state index contributed by atoms with van der Waals surface area (Å²) in [4.78, 5) is 14.1. The van der Waals surface area contributed by atoms with E-state index in [-0.39, 0.29) is 17.5 Å². The summed E-state index contributed by atoms with van der Waals surface area (Å²) in [5, 5.41) is 8.72. The maximum absolute atomic E-state index is 12.1. The molecular formula is C18H21N5O2. The van der Waals surface area contributed by atoms with Gasteiger partial charge >= 0.3 is 0 Å². The molecule has 25 heavy (non-hydrogen) atoms. The van der Waals surface area contributed by atoms with Gasteiger partial charge in [-0.25, -0.2) is 5.43 Å². The van der Waals surface area contributed by atoms with Gasteiger partial charge < -0.3 is 19.5 Å². The molecule has 3 aliphatic rings. The number of carbonyl (C=O) groups is 1. The van der Waals surface area contributed by atoms with Crippen molar-refractivity contribution in [2.75, 3.05) is 24.6 Å². The second kappa shape index (κ2) is 4.98. The molecule has 0 spiro atoms. The van der Waals surface area contributed by atoms with Crippen molar-refractivity contribution in [1.29, 1.82) is 0 Å². The zero-order valence-corrected chi connectivity index (χ0v) is 14.4. The van der Waals surface area contributed by atoms with Crippen molar-refractivity contribution in [3.8, 4) is 5.75 Å². The van der Waals surface area contributed by atoms with Gasteiger partial charge in [-0.3, -0.25) is 4.79 Å². The minimum absolute atomic E-state index is 0.0969. The topological polar surface area (TPSA) is 70.9 Å². The number of ether oxygens (including phenoxy) is 1. The zero-order valence-electron chi connectivity index (χ0n) is 14.4. The van der Waals surface area contributed by atoms with Crippen LogP contribution in [-0.4, -0.2) is 42.0 Å².